The molecule has 28 heavy (non-hydrogen) atoms. The number of hydrogen-bond donors (Lipinski definition) is 0. The Morgan fingerprint density at radius 1 is 1.11 bits per heavy atom. The van der Waals surface area contributed by atoms with Gasteiger partial charge in [-0.05, 0) is 37.1 Å². The summed E-state index contributed by atoms with van der Waals surface area (Å²) in [6.45, 7) is 2.20. The molecule has 1 aromatic carbocycles. The Balaban J connectivity index is 1.30. The standard InChI is InChI=1S/C20H23N3O5/c1-27-15-6-4-14(5-7-15)17(24)21-8-9-23-16(10-21)20(28-19(23)26)11-22(12-20)18(25)13-2-3-13/h4-7,13,16H,2-3,8-12H2,1H3. The average Bonchev–Trinajstić information content (AvgIpc) is 3.50. The largest absolute Gasteiger partial charge is 0.497 e. The second kappa shape index (κ2) is 6.12. The zero-order valence-corrected chi connectivity index (χ0v) is 15.8. The fraction of sp³-hybridized carbons (Fsp3) is 0.550. The van der Waals surface area contributed by atoms with Crippen molar-refractivity contribution < 1.29 is 23.9 Å². The number of rotatable bonds is 3. The molecule has 3 heterocycles. The number of piperazine rings is 1. The Morgan fingerprint density at radius 3 is 2.46 bits per heavy atom. The molecule has 148 valence electrons. The summed E-state index contributed by atoms with van der Waals surface area (Å²) < 4.78 is 10.9. The summed E-state index contributed by atoms with van der Waals surface area (Å²) in [6.07, 6.45) is 1.59. The van der Waals surface area contributed by atoms with E-state index in [1.165, 1.54) is 0 Å². The summed E-state index contributed by atoms with van der Waals surface area (Å²) in [5, 5.41) is 0. The summed E-state index contributed by atoms with van der Waals surface area (Å²) in [5.41, 5.74) is -0.0896. The Bertz CT molecular complexity index is 829. The van der Waals surface area contributed by atoms with Crippen LogP contribution in [0.2, 0.25) is 0 Å². The van der Waals surface area contributed by atoms with Gasteiger partial charge in [0.2, 0.25) is 5.91 Å². The topological polar surface area (TPSA) is 79.4 Å². The fourth-order valence-corrected chi connectivity index (χ4v) is 4.47. The van der Waals surface area contributed by atoms with Crippen molar-refractivity contribution in [2.75, 3.05) is 39.8 Å². The van der Waals surface area contributed by atoms with E-state index in [1.807, 2.05) is 0 Å². The van der Waals surface area contributed by atoms with E-state index in [0.717, 1.165) is 12.8 Å². The second-order valence-corrected chi connectivity index (χ2v) is 8.09. The van der Waals surface area contributed by atoms with Gasteiger partial charge in [0, 0.05) is 31.1 Å². The molecule has 8 heteroatoms. The van der Waals surface area contributed by atoms with E-state index < -0.39 is 5.60 Å². The first-order valence-electron chi connectivity index (χ1n) is 9.72. The van der Waals surface area contributed by atoms with Gasteiger partial charge in [0.25, 0.3) is 5.91 Å². The average molecular weight is 385 g/mol. The predicted molar refractivity (Wildman–Crippen MR) is 97.9 cm³/mol. The maximum atomic E-state index is 12.9. The van der Waals surface area contributed by atoms with Crippen LogP contribution >= 0.6 is 0 Å². The van der Waals surface area contributed by atoms with E-state index in [-0.39, 0.29) is 29.9 Å². The number of carbonyl (C=O) groups excluding carboxylic acids is 3. The number of amides is 3. The predicted octanol–water partition coefficient (Wildman–Crippen LogP) is 0.963. The molecule has 4 fully saturated rings. The Kier molecular flexibility index (Phi) is 3.79. The minimum atomic E-state index is -0.680. The van der Waals surface area contributed by atoms with Crippen LogP contribution in [-0.2, 0) is 9.53 Å². The Labute approximate surface area is 163 Å². The van der Waals surface area contributed by atoms with E-state index in [9.17, 15) is 14.4 Å². The van der Waals surface area contributed by atoms with Gasteiger partial charge in [0.05, 0.1) is 26.2 Å². The molecule has 8 nitrogen and oxygen atoms in total. The monoisotopic (exact) mass is 385 g/mol. The third-order valence-corrected chi connectivity index (χ3v) is 6.29. The lowest BCUT2D eigenvalue weighted by Gasteiger charge is -2.51. The number of hydrogen-bond acceptors (Lipinski definition) is 5. The number of ether oxygens (including phenoxy) is 2. The molecule has 1 aliphatic carbocycles. The van der Waals surface area contributed by atoms with E-state index >= 15 is 0 Å². The van der Waals surface area contributed by atoms with E-state index in [1.54, 1.807) is 46.1 Å². The summed E-state index contributed by atoms with van der Waals surface area (Å²) in [5.74, 6) is 0.958. The van der Waals surface area contributed by atoms with Gasteiger partial charge in [-0.2, -0.15) is 0 Å². The zero-order valence-electron chi connectivity index (χ0n) is 15.8. The van der Waals surface area contributed by atoms with Crippen molar-refractivity contribution in [2.45, 2.75) is 24.5 Å². The minimum absolute atomic E-state index is 0.0676. The lowest BCUT2D eigenvalue weighted by molar-refractivity contribution is -0.156. The SMILES string of the molecule is COc1ccc(C(=O)N2CCN3C(=O)OC4(CN(C(=O)C5CC5)C4)C3C2)cc1. The highest BCUT2D eigenvalue weighted by Crippen LogP contribution is 2.42. The fourth-order valence-electron chi connectivity index (χ4n) is 4.47. The van der Waals surface area contributed by atoms with Crippen LogP contribution in [0.4, 0.5) is 4.79 Å². The summed E-state index contributed by atoms with van der Waals surface area (Å²) in [7, 11) is 1.59. The first kappa shape index (κ1) is 17.3. The number of likely N-dealkylation sites (tertiary alicyclic amines) is 1. The molecule has 1 spiro atoms. The van der Waals surface area contributed by atoms with Gasteiger partial charge in [-0.15, -0.1) is 0 Å². The summed E-state index contributed by atoms with van der Waals surface area (Å²) in [4.78, 5) is 42.8. The highest BCUT2D eigenvalue weighted by molar-refractivity contribution is 5.94. The molecule has 3 aliphatic heterocycles. The van der Waals surface area contributed by atoms with Gasteiger partial charge >= 0.3 is 6.09 Å². The third-order valence-electron chi connectivity index (χ3n) is 6.29. The van der Waals surface area contributed by atoms with Gasteiger partial charge in [-0.3, -0.25) is 14.5 Å². The quantitative estimate of drug-likeness (QED) is 0.775. The molecule has 1 aromatic rings. The van der Waals surface area contributed by atoms with Crippen LogP contribution in [0, 0.1) is 5.92 Å². The molecule has 0 N–H and O–H groups in total. The van der Waals surface area contributed by atoms with Crippen molar-refractivity contribution in [1.29, 1.82) is 0 Å². The van der Waals surface area contributed by atoms with Crippen molar-refractivity contribution in [3.63, 3.8) is 0 Å². The van der Waals surface area contributed by atoms with Gasteiger partial charge in [0.15, 0.2) is 5.60 Å². The van der Waals surface area contributed by atoms with Crippen LogP contribution in [-0.4, -0.2) is 84.1 Å². The normalized spacial score (nSPS) is 25.2. The first-order valence-corrected chi connectivity index (χ1v) is 9.72. The highest BCUT2D eigenvalue weighted by Gasteiger charge is 2.63. The van der Waals surface area contributed by atoms with Crippen LogP contribution in [0.5, 0.6) is 5.75 Å². The van der Waals surface area contributed by atoms with Crippen molar-refractivity contribution >= 4 is 17.9 Å². The van der Waals surface area contributed by atoms with E-state index in [2.05, 4.69) is 0 Å². The molecule has 0 aromatic heterocycles. The number of nitrogens with zero attached hydrogens (tertiary/aromatic N) is 3. The van der Waals surface area contributed by atoms with Crippen LogP contribution in [0.1, 0.15) is 23.2 Å². The maximum Gasteiger partial charge on any atom is 0.411 e. The lowest BCUT2D eigenvalue weighted by Crippen LogP contribution is -2.72. The van der Waals surface area contributed by atoms with Gasteiger partial charge < -0.3 is 19.3 Å². The van der Waals surface area contributed by atoms with E-state index in [0.29, 0.717) is 44.0 Å². The van der Waals surface area contributed by atoms with Crippen molar-refractivity contribution in [1.82, 2.24) is 14.7 Å². The Morgan fingerprint density at radius 2 is 1.82 bits per heavy atom. The van der Waals surface area contributed by atoms with Crippen LogP contribution in [0.25, 0.3) is 0 Å². The Hall–Kier alpha value is -2.77. The third kappa shape index (κ3) is 2.62. The van der Waals surface area contributed by atoms with Gasteiger partial charge in [-0.25, -0.2) is 4.79 Å². The highest BCUT2D eigenvalue weighted by atomic mass is 16.6. The second-order valence-electron chi connectivity index (χ2n) is 8.09. The number of methoxy groups -OCH3 is 1. The molecular weight excluding hydrogens is 362 g/mol. The first-order chi connectivity index (χ1) is 13.5. The molecule has 5 rings (SSSR count). The smallest absolute Gasteiger partial charge is 0.411 e. The minimum Gasteiger partial charge on any atom is -0.497 e. The van der Waals surface area contributed by atoms with Crippen molar-refractivity contribution in [3.8, 4) is 5.75 Å². The molecule has 3 saturated heterocycles. The summed E-state index contributed by atoms with van der Waals surface area (Å²) >= 11 is 0. The number of fused-ring (bicyclic) bond motifs is 2. The van der Waals surface area contributed by atoms with Gasteiger partial charge in [0.1, 0.15) is 5.75 Å². The van der Waals surface area contributed by atoms with Gasteiger partial charge in [-0.1, -0.05) is 0 Å². The van der Waals surface area contributed by atoms with Crippen LogP contribution < -0.4 is 4.74 Å². The van der Waals surface area contributed by atoms with Crippen molar-refractivity contribution in [3.05, 3.63) is 29.8 Å². The number of carbonyl (C=O) groups is 3. The number of benzene rings is 1. The molecular formula is C20H23N3O5. The molecule has 1 unspecified atom stereocenters. The van der Waals surface area contributed by atoms with E-state index in [4.69, 9.17) is 9.47 Å². The lowest BCUT2D eigenvalue weighted by atomic mass is 9.84. The molecule has 1 atom stereocenters. The molecule has 4 aliphatic rings. The molecule has 0 radical (unpaired) electrons. The zero-order chi connectivity index (χ0) is 19.5. The van der Waals surface area contributed by atoms with Crippen molar-refractivity contribution in [2.24, 2.45) is 5.92 Å². The van der Waals surface area contributed by atoms with Crippen LogP contribution in [0.3, 0.4) is 0 Å². The van der Waals surface area contributed by atoms with Crippen LogP contribution in [0.15, 0.2) is 24.3 Å². The maximum absolute atomic E-state index is 12.9. The molecule has 3 amide bonds. The molecule has 1 saturated carbocycles. The molecule has 0 bridgehead atoms. The summed E-state index contributed by atoms with van der Waals surface area (Å²) in [6, 6.07) is 6.82.